The van der Waals surface area contributed by atoms with Gasteiger partial charge >= 0.3 is 14.7 Å². The van der Waals surface area contributed by atoms with Gasteiger partial charge in [-0.1, -0.05) is 6.07 Å². The van der Waals surface area contributed by atoms with E-state index in [1.54, 1.807) is 30.5 Å². The first-order valence-electron chi connectivity index (χ1n) is 7.45. The molecule has 0 spiro atoms. The first-order chi connectivity index (χ1) is 11.9. The summed E-state index contributed by atoms with van der Waals surface area (Å²) in [6, 6.07) is 8.02. The van der Waals surface area contributed by atoms with E-state index < -0.39 is 26.6 Å². The second-order valence-electron chi connectivity index (χ2n) is 5.52. The molecule has 1 saturated heterocycles. The molecule has 1 aliphatic heterocycles. The molecule has 1 fully saturated rings. The van der Waals surface area contributed by atoms with Crippen LogP contribution >= 0.6 is 8.60 Å². The van der Waals surface area contributed by atoms with Gasteiger partial charge in [-0.2, -0.15) is 0 Å². The predicted molar refractivity (Wildman–Crippen MR) is 89.3 cm³/mol. The average molecular weight is 366 g/mol. The number of ether oxygens (including phenoxy) is 1. The van der Waals surface area contributed by atoms with Crippen molar-refractivity contribution < 1.29 is 28.2 Å². The average Bonchev–Trinajstić information content (AvgIpc) is 2.95. The monoisotopic (exact) mass is 366 g/mol. The normalized spacial score (nSPS) is 17.2. The van der Waals surface area contributed by atoms with Gasteiger partial charge in [-0.25, -0.2) is 9.18 Å². The second-order valence-corrected chi connectivity index (χ2v) is 6.28. The van der Waals surface area contributed by atoms with Gasteiger partial charge in [0, 0.05) is 23.0 Å². The largest absolute Gasteiger partial charge is 0.441 e. The van der Waals surface area contributed by atoms with Crippen LogP contribution in [0.4, 0.5) is 14.9 Å². The molecule has 3 rings (SSSR count). The Labute approximate surface area is 144 Å². The molecule has 1 aromatic heterocycles. The van der Waals surface area contributed by atoms with Crippen molar-refractivity contribution in [2.45, 2.75) is 13.0 Å². The maximum absolute atomic E-state index is 14.5. The summed E-state index contributed by atoms with van der Waals surface area (Å²) in [5.41, 5.74) is 2.21. The summed E-state index contributed by atoms with van der Waals surface area (Å²) in [5, 5.41) is 0. The molecule has 0 saturated carbocycles. The number of nitrogens with zero attached hydrogens (tertiary/aromatic N) is 2. The highest BCUT2D eigenvalue weighted by Crippen LogP contribution is 2.30. The lowest BCUT2D eigenvalue weighted by atomic mass is 10.1. The summed E-state index contributed by atoms with van der Waals surface area (Å²) >= 11 is 0. The molecule has 9 heteroatoms. The minimum absolute atomic E-state index is 0.132. The molecule has 132 valence electrons. The van der Waals surface area contributed by atoms with Crippen LogP contribution in [0.1, 0.15) is 5.69 Å². The van der Waals surface area contributed by atoms with E-state index in [4.69, 9.17) is 14.5 Å². The Balaban J connectivity index is 1.76. The Morgan fingerprint density at radius 1 is 1.40 bits per heavy atom. The van der Waals surface area contributed by atoms with Gasteiger partial charge in [-0.05, 0) is 31.2 Å². The Morgan fingerprint density at radius 3 is 2.84 bits per heavy atom. The summed E-state index contributed by atoms with van der Waals surface area (Å²) in [7, 11) is -2.51. The van der Waals surface area contributed by atoms with Crippen LogP contribution in [0.2, 0.25) is 0 Å². The van der Waals surface area contributed by atoms with E-state index in [0.717, 1.165) is 5.69 Å². The van der Waals surface area contributed by atoms with Gasteiger partial charge in [0.1, 0.15) is 11.9 Å². The number of halogens is 1. The number of anilines is 1. The third-order valence-corrected chi connectivity index (χ3v) is 4.12. The number of amides is 1. The van der Waals surface area contributed by atoms with Gasteiger partial charge in [0.15, 0.2) is 0 Å². The molecule has 2 heterocycles. The number of carbonyl (C=O) groups excluding carboxylic acids is 1. The van der Waals surface area contributed by atoms with E-state index in [1.165, 1.54) is 11.0 Å². The number of aryl methyl sites for hydroxylation is 1. The standard InChI is InChI=1S/C16H16FN2O5P/c1-10-2-3-11(7-18-10)14-5-4-12(6-15(14)17)19-8-13(24-16(19)20)9-23-25(21)22/h2-7,13,21-22H,8-9H2,1H3. The first kappa shape index (κ1) is 17.7. The second kappa shape index (κ2) is 7.41. The topological polar surface area (TPSA) is 92.1 Å². The third kappa shape index (κ3) is 4.11. The van der Waals surface area contributed by atoms with Crippen LogP contribution < -0.4 is 4.90 Å². The Bertz CT molecular complexity index is 772. The molecule has 2 aromatic rings. The van der Waals surface area contributed by atoms with Crippen LogP contribution in [0.5, 0.6) is 0 Å². The Morgan fingerprint density at radius 2 is 2.20 bits per heavy atom. The SMILES string of the molecule is Cc1ccc(-c2ccc(N3CC(COP(O)O)OC3=O)cc2F)cn1. The highest BCUT2D eigenvalue weighted by Gasteiger charge is 2.33. The van der Waals surface area contributed by atoms with Gasteiger partial charge in [0.25, 0.3) is 0 Å². The lowest BCUT2D eigenvalue weighted by molar-refractivity contribution is 0.0987. The fourth-order valence-corrected chi connectivity index (χ4v) is 2.80. The minimum Gasteiger partial charge on any atom is -0.441 e. The van der Waals surface area contributed by atoms with Gasteiger partial charge in [0.05, 0.1) is 18.8 Å². The van der Waals surface area contributed by atoms with Crippen molar-refractivity contribution in [1.82, 2.24) is 4.98 Å². The third-order valence-electron chi connectivity index (χ3n) is 3.74. The van der Waals surface area contributed by atoms with Gasteiger partial charge < -0.3 is 19.0 Å². The summed E-state index contributed by atoms with van der Waals surface area (Å²) in [4.78, 5) is 34.8. The molecule has 2 N–H and O–H groups in total. The van der Waals surface area contributed by atoms with Crippen molar-refractivity contribution in [2.24, 2.45) is 0 Å². The van der Waals surface area contributed by atoms with Crippen LogP contribution in [-0.2, 0) is 9.26 Å². The molecule has 25 heavy (non-hydrogen) atoms. The molecule has 0 radical (unpaired) electrons. The summed E-state index contributed by atoms with van der Waals surface area (Å²) in [5.74, 6) is -0.482. The maximum atomic E-state index is 14.5. The van der Waals surface area contributed by atoms with Crippen molar-refractivity contribution in [3.05, 3.63) is 48.0 Å². The number of hydrogen-bond acceptors (Lipinski definition) is 6. The molecule has 1 atom stereocenters. The van der Waals surface area contributed by atoms with Crippen LogP contribution in [0.15, 0.2) is 36.5 Å². The number of aromatic nitrogens is 1. The lowest BCUT2D eigenvalue weighted by Crippen LogP contribution is -2.25. The molecule has 1 unspecified atom stereocenters. The van der Waals surface area contributed by atoms with E-state index in [0.29, 0.717) is 16.8 Å². The van der Waals surface area contributed by atoms with Gasteiger partial charge in [-0.3, -0.25) is 9.88 Å². The molecule has 1 amide bonds. The van der Waals surface area contributed by atoms with Crippen LogP contribution in [0.25, 0.3) is 11.1 Å². The van der Waals surface area contributed by atoms with Gasteiger partial charge in [-0.15, -0.1) is 0 Å². The molecule has 0 bridgehead atoms. The van der Waals surface area contributed by atoms with Crippen molar-refractivity contribution in [2.75, 3.05) is 18.1 Å². The fraction of sp³-hybridized carbons (Fsp3) is 0.250. The van der Waals surface area contributed by atoms with Crippen molar-refractivity contribution >= 4 is 20.4 Å². The summed E-state index contributed by atoms with van der Waals surface area (Å²) in [6.45, 7) is 1.84. The predicted octanol–water partition coefficient (Wildman–Crippen LogP) is 2.75. The quantitative estimate of drug-likeness (QED) is 0.791. The first-order valence-corrected chi connectivity index (χ1v) is 8.62. The molecule has 0 aliphatic carbocycles. The van der Waals surface area contributed by atoms with E-state index in [2.05, 4.69) is 9.51 Å². The maximum Gasteiger partial charge on any atom is 0.414 e. The number of hydrogen-bond donors (Lipinski definition) is 2. The van der Waals surface area contributed by atoms with Crippen LogP contribution in [-0.4, -0.2) is 40.1 Å². The summed E-state index contributed by atoms with van der Waals surface area (Å²) < 4.78 is 24.2. The zero-order valence-corrected chi connectivity index (χ0v) is 14.2. The van der Waals surface area contributed by atoms with Gasteiger partial charge in [0.2, 0.25) is 0 Å². The smallest absolute Gasteiger partial charge is 0.414 e. The van der Waals surface area contributed by atoms with E-state index in [-0.39, 0.29) is 13.2 Å². The zero-order chi connectivity index (χ0) is 18.0. The Hall–Kier alpha value is -2.12. The Kier molecular flexibility index (Phi) is 5.24. The number of benzene rings is 1. The van der Waals surface area contributed by atoms with E-state index >= 15 is 0 Å². The molecule has 1 aliphatic rings. The number of carbonyl (C=O) groups is 1. The lowest BCUT2D eigenvalue weighted by Gasteiger charge is -2.14. The van der Waals surface area contributed by atoms with Crippen molar-refractivity contribution in [3.8, 4) is 11.1 Å². The fourth-order valence-electron chi connectivity index (χ4n) is 2.50. The zero-order valence-electron chi connectivity index (χ0n) is 13.3. The number of cyclic esters (lactones) is 1. The number of pyridine rings is 1. The number of rotatable bonds is 5. The summed E-state index contributed by atoms with van der Waals surface area (Å²) in [6.07, 6.45) is 0.297. The van der Waals surface area contributed by atoms with Crippen molar-refractivity contribution in [1.29, 1.82) is 0 Å². The highest BCUT2D eigenvalue weighted by atomic mass is 31.2. The minimum atomic E-state index is -2.51. The molecule has 7 nitrogen and oxygen atoms in total. The van der Waals surface area contributed by atoms with Crippen LogP contribution in [0, 0.1) is 12.7 Å². The van der Waals surface area contributed by atoms with E-state index in [9.17, 15) is 9.18 Å². The molecular formula is C16H16FN2O5P. The van der Waals surface area contributed by atoms with Crippen molar-refractivity contribution in [3.63, 3.8) is 0 Å². The molecule has 1 aromatic carbocycles. The molecular weight excluding hydrogens is 350 g/mol. The highest BCUT2D eigenvalue weighted by molar-refractivity contribution is 7.39. The van der Waals surface area contributed by atoms with Crippen LogP contribution in [0.3, 0.4) is 0 Å². The van der Waals surface area contributed by atoms with E-state index in [1.807, 2.05) is 6.92 Å².